The third-order valence-corrected chi connectivity index (χ3v) is 3.81. The Bertz CT molecular complexity index is 725. The highest BCUT2D eigenvalue weighted by Crippen LogP contribution is 2.11. The first-order valence-corrected chi connectivity index (χ1v) is 8.11. The highest BCUT2D eigenvalue weighted by Gasteiger charge is 2.12. The van der Waals surface area contributed by atoms with Gasteiger partial charge < -0.3 is 10.2 Å². The van der Waals surface area contributed by atoms with Crippen molar-refractivity contribution in [2.24, 2.45) is 0 Å². The maximum Gasteiger partial charge on any atom is 0.226 e. The molecule has 0 atom stereocenters. The topological polar surface area (TPSA) is 49.4 Å². The Morgan fingerprint density at radius 1 is 1.00 bits per heavy atom. The maximum atomic E-state index is 12.1. The molecule has 1 N–H and O–H groups in total. The van der Waals surface area contributed by atoms with Crippen LogP contribution in [0.25, 0.3) is 0 Å². The zero-order valence-corrected chi connectivity index (χ0v) is 14.5. The largest absolute Gasteiger partial charge is 0.338 e. The molecular weight excluding hydrogens is 300 g/mol. The van der Waals surface area contributed by atoms with Crippen LogP contribution in [0.5, 0.6) is 0 Å². The first-order valence-electron chi connectivity index (χ1n) is 8.11. The molecule has 126 valence electrons. The predicted octanol–water partition coefficient (Wildman–Crippen LogP) is 3.68. The SMILES string of the molecule is CC(=O)N(CCC(=O)Nc1cccc(C)c1)Cc1cccc(C)c1. The Balaban J connectivity index is 1.91. The standard InChI is InChI=1S/C20H24N2O2/c1-15-6-4-8-18(12-15)14-22(17(3)23)11-10-20(24)21-19-9-5-7-16(2)13-19/h4-9,12-13H,10-11,14H2,1-3H3,(H,21,24). The van der Waals surface area contributed by atoms with Gasteiger partial charge in [-0.25, -0.2) is 0 Å². The molecule has 0 saturated carbocycles. The molecule has 0 spiro atoms. The monoisotopic (exact) mass is 324 g/mol. The van der Waals surface area contributed by atoms with E-state index in [0.29, 0.717) is 13.1 Å². The van der Waals surface area contributed by atoms with Crippen molar-refractivity contribution in [3.63, 3.8) is 0 Å². The van der Waals surface area contributed by atoms with Gasteiger partial charge in [0.05, 0.1) is 0 Å². The highest BCUT2D eigenvalue weighted by molar-refractivity contribution is 5.91. The number of rotatable bonds is 6. The maximum absolute atomic E-state index is 12.1. The van der Waals surface area contributed by atoms with Crippen molar-refractivity contribution in [2.45, 2.75) is 33.7 Å². The number of benzene rings is 2. The zero-order valence-electron chi connectivity index (χ0n) is 14.5. The molecular formula is C20H24N2O2. The summed E-state index contributed by atoms with van der Waals surface area (Å²) in [5.74, 6) is -0.115. The highest BCUT2D eigenvalue weighted by atomic mass is 16.2. The fourth-order valence-electron chi connectivity index (χ4n) is 2.56. The Labute approximate surface area is 143 Å². The molecule has 4 nitrogen and oxygen atoms in total. The molecule has 0 unspecified atom stereocenters. The Hall–Kier alpha value is -2.62. The van der Waals surface area contributed by atoms with E-state index in [1.165, 1.54) is 6.92 Å². The minimum Gasteiger partial charge on any atom is -0.338 e. The number of carbonyl (C=O) groups is 2. The van der Waals surface area contributed by atoms with Gasteiger partial charge >= 0.3 is 0 Å². The summed E-state index contributed by atoms with van der Waals surface area (Å²) in [4.78, 5) is 25.7. The molecule has 0 fully saturated rings. The van der Waals surface area contributed by atoms with Crippen molar-refractivity contribution < 1.29 is 9.59 Å². The average molecular weight is 324 g/mol. The van der Waals surface area contributed by atoms with Gasteiger partial charge in [0.15, 0.2) is 0 Å². The number of carbonyl (C=O) groups excluding carboxylic acids is 2. The first kappa shape index (κ1) is 17.7. The number of aryl methyl sites for hydroxylation is 2. The Kier molecular flexibility index (Phi) is 6.13. The lowest BCUT2D eigenvalue weighted by atomic mass is 10.1. The van der Waals surface area contributed by atoms with Crippen molar-refractivity contribution in [2.75, 3.05) is 11.9 Å². The van der Waals surface area contributed by atoms with Gasteiger partial charge in [-0.2, -0.15) is 0 Å². The van der Waals surface area contributed by atoms with E-state index in [2.05, 4.69) is 11.4 Å². The summed E-state index contributed by atoms with van der Waals surface area (Å²) in [7, 11) is 0. The average Bonchev–Trinajstić information content (AvgIpc) is 2.51. The summed E-state index contributed by atoms with van der Waals surface area (Å²) in [6, 6.07) is 15.7. The van der Waals surface area contributed by atoms with Crippen LogP contribution in [0.2, 0.25) is 0 Å². The molecule has 2 aromatic carbocycles. The minimum atomic E-state index is -0.0870. The van der Waals surface area contributed by atoms with E-state index in [0.717, 1.165) is 22.4 Å². The molecule has 24 heavy (non-hydrogen) atoms. The summed E-state index contributed by atoms with van der Waals surface area (Å²) in [5, 5.41) is 2.87. The van der Waals surface area contributed by atoms with Crippen molar-refractivity contribution in [1.29, 1.82) is 0 Å². The van der Waals surface area contributed by atoms with Crippen molar-refractivity contribution in [3.8, 4) is 0 Å². The van der Waals surface area contributed by atoms with E-state index in [-0.39, 0.29) is 18.2 Å². The first-order chi connectivity index (χ1) is 11.4. The number of nitrogens with one attached hydrogen (secondary N) is 1. The van der Waals surface area contributed by atoms with E-state index >= 15 is 0 Å². The second kappa shape index (κ2) is 8.29. The molecule has 2 amide bonds. The molecule has 4 heteroatoms. The smallest absolute Gasteiger partial charge is 0.226 e. The molecule has 0 aliphatic rings. The van der Waals surface area contributed by atoms with E-state index < -0.39 is 0 Å². The summed E-state index contributed by atoms with van der Waals surface area (Å²) >= 11 is 0. The van der Waals surface area contributed by atoms with Crippen molar-refractivity contribution in [1.82, 2.24) is 4.90 Å². The molecule has 2 aromatic rings. The van der Waals surface area contributed by atoms with E-state index in [1.54, 1.807) is 4.90 Å². The summed E-state index contributed by atoms with van der Waals surface area (Å²) in [6.45, 7) is 6.47. The van der Waals surface area contributed by atoms with E-state index in [1.807, 2.05) is 56.3 Å². The third kappa shape index (κ3) is 5.54. The van der Waals surface area contributed by atoms with Crippen molar-refractivity contribution >= 4 is 17.5 Å². The Morgan fingerprint density at radius 2 is 1.67 bits per heavy atom. The fraction of sp³-hybridized carbons (Fsp3) is 0.300. The molecule has 0 saturated heterocycles. The van der Waals surface area contributed by atoms with E-state index in [4.69, 9.17) is 0 Å². The van der Waals surface area contributed by atoms with Gasteiger partial charge in [-0.1, -0.05) is 42.0 Å². The lowest BCUT2D eigenvalue weighted by Crippen LogP contribution is -2.31. The number of nitrogens with zero attached hydrogens (tertiary/aromatic N) is 1. The molecule has 0 aromatic heterocycles. The van der Waals surface area contributed by atoms with Gasteiger partial charge in [-0.15, -0.1) is 0 Å². The van der Waals surface area contributed by atoms with Gasteiger partial charge in [-0.05, 0) is 37.1 Å². The van der Waals surface area contributed by atoms with Gasteiger partial charge in [0.2, 0.25) is 11.8 Å². The predicted molar refractivity (Wildman–Crippen MR) is 96.7 cm³/mol. The van der Waals surface area contributed by atoms with Gasteiger partial charge in [-0.3, -0.25) is 9.59 Å². The summed E-state index contributed by atoms with van der Waals surface area (Å²) < 4.78 is 0. The summed E-state index contributed by atoms with van der Waals surface area (Å²) in [6.07, 6.45) is 0.277. The number of hydrogen-bond donors (Lipinski definition) is 1. The lowest BCUT2D eigenvalue weighted by molar-refractivity contribution is -0.129. The molecule has 0 radical (unpaired) electrons. The van der Waals surface area contributed by atoms with Crippen LogP contribution < -0.4 is 5.32 Å². The molecule has 0 bridgehead atoms. The molecule has 0 aliphatic heterocycles. The lowest BCUT2D eigenvalue weighted by Gasteiger charge is -2.21. The fourth-order valence-corrected chi connectivity index (χ4v) is 2.56. The van der Waals surface area contributed by atoms with Crippen molar-refractivity contribution in [3.05, 3.63) is 65.2 Å². The van der Waals surface area contributed by atoms with Gasteiger partial charge in [0, 0.05) is 32.1 Å². The van der Waals surface area contributed by atoms with Gasteiger partial charge in [0.1, 0.15) is 0 Å². The van der Waals surface area contributed by atoms with Crippen LogP contribution in [-0.2, 0) is 16.1 Å². The van der Waals surface area contributed by atoms with Crippen LogP contribution in [0.3, 0.4) is 0 Å². The quantitative estimate of drug-likeness (QED) is 0.881. The van der Waals surface area contributed by atoms with Crippen LogP contribution in [-0.4, -0.2) is 23.3 Å². The summed E-state index contributed by atoms with van der Waals surface area (Å²) in [5.41, 5.74) is 4.11. The molecule has 2 rings (SSSR count). The van der Waals surface area contributed by atoms with Crippen LogP contribution in [0.4, 0.5) is 5.69 Å². The third-order valence-electron chi connectivity index (χ3n) is 3.81. The second-order valence-corrected chi connectivity index (χ2v) is 6.10. The minimum absolute atomic E-state index is 0.0279. The number of anilines is 1. The van der Waals surface area contributed by atoms with Gasteiger partial charge in [0.25, 0.3) is 0 Å². The van der Waals surface area contributed by atoms with Crippen LogP contribution in [0.1, 0.15) is 30.0 Å². The zero-order chi connectivity index (χ0) is 17.5. The molecule has 0 heterocycles. The number of hydrogen-bond acceptors (Lipinski definition) is 2. The van der Waals surface area contributed by atoms with Crippen LogP contribution in [0.15, 0.2) is 48.5 Å². The van der Waals surface area contributed by atoms with Crippen LogP contribution in [0, 0.1) is 13.8 Å². The molecule has 0 aliphatic carbocycles. The second-order valence-electron chi connectivity index (χ2n) is 6.10. The Morgan fingerprint density at radius 3 is 2.29 bits per heavy atom. The normalized spacial score (nSPS) is 10.3. The van der Waals surface area contributed by atoms with Crippen LogP contribution >= 0.6 is 0 Å². The number of amides is 2. The van der Waals surface area contributed by atoms with E-state index in [9.17, 15) is 9.59 Å².